The van der Waals surface area contributed by atoms with E-state index in [2.05, 4.69) is 27.2 Å². The number of anilines is 2. The van der Waals surface area contributed by atoms with Gasteiger partial charge in [0.1, 0.15) is 5.82 Å². The summed E-state index contributed by atoms with van der Waals surface area (Å²) in [5.41, 5.74) is 0. The highest BCUT2D eigenvalue weighted by Crippen LogP contribution is 2.26. The third-order valence-corrected chi connectivity index (χ3v) is 3.43. The average molecular weight is 307 g/mol. The van der Waals surface area contributed by atoms with Crippen molar-refractivity contribution in [3.63, 3.8) is 0 Å². The molecule has 0 spiro atoms. The van der Waals surface area contributed by atoms with Gasteiger partial charge in [-0.3, -0.25) is 0 Å². The molecule has 1 aromatic carbocycles. The van der Waals surface area contributed by atoms with Crippen molar-refractivity contribution in [2.24, 2.45) is 0 Å². The molecule has 0 fully saturated rings. The summed E-state index contributed by atoms with van der Waals surface area (Å²) in [5, 5.41) is 3.74. The third kappa shape index (κ3) is 4.56. The molecule has 1 N–H and O–H groups in total. The lowest BCUT2D eigenvalue weighted by Crippen LogP contribution is -2.16. The maximum atomic E-state index is 12.9. The molecule has 0 aliphatic heterocycles. The number of nitrogens with one attached hydrogen (secondary N) is 1. The molecule has 1 heterocycles. The fraction of sp³-hybridized carbons (Fsp3) is 0.357. The second-order valence-electron chi connectivity index (χ2n) is 4.62. The van der Waals surface area contributed by atoms with E-state index >= 15 is 0 Å². The van der Waals surface area contributed by atoms with Gasteiger partial charge in [0.05, 0.1) is 0 Å². The van der Waals surface area contributed by atoms with E-state index in [1.54, 1.807) is 12.1 Å². The minimum absolute atomic E-state index is 0.255. The molecule has 0 saturated heterocycles. The molecule has 5 nitrogen and oxygen atoms in total. The van der Waals surface area contributed by atoms with Gasteiger partial charge in [0, 0.05) is 25.5 Å². The van der Waals surface area contributed by atoms with Gasteiger partial charge in [-0.1, -0.05) is 6.92 Å². The Kier molecular flexibility index (Phi) is 5.32. The van der Waals surface area contributed by atoms with E-state index < -0.39 is 0 Å². The summed E-state index contributed by atoms with van der Waals surface area (Å²) < 4.78 is 12.9. The Balaban J connectivity index is 2.24. The average Bonchev–Trinajstić information content (AvgIpc) is 2.47. The number of halogens is 1. The standard InChI is InChI=1S/C14H18FN5S/c1-4-9-16-12-17-13(20(2)3)19-14(18-12)21-11-7-5-10(15)6-8-11/h5-8H,4,9H2,1-3H3,(H,16,17,18,19). The summed E-state index contributed by atoms with van der Waals surface area (Å²) in [6, 6.07) is 6.26. The first kappa shape index (κ1) is 15.5. The van der Waals surface area contributed by atoms with Crippen LogP contribution in [0.15, 0.2) is 34.3 Å². The van der Waals surface area contributed by atoms with Crippen LogP contribution in [0.3, 0.4) is 0 Å². The predicted molar refractivity (Wildman–Crippen MR) is 83.5 cm³/mol. The predicted octanol–water partition coefficient (Wildman–Crippen LogP) is 3.05. The Morgan fingerprint density at radius 1 is 1.14 bits per heavy atom. The Labute approximate surface area is 128 Å². The van der Waals surface area contributed by atoms with Gasteiger partial charge in [0.15, 0.2) is 5.16 Å². The van der Waals surface area contributed by atoms with Crippen molar-refractivity contribution in [2.75, 3.05) is 30.9 Å². The van der Waals surface area contributed by atoms with E-state index in [-0.39, 0.29) is 5.82 Å². The Hall–Kier alpha value is -1.89. The maximum Gasteiger partial charge on any atom is 0.230 e. The van der Waals surface area contributed by atoms with Crippen molar-refractivity contribution in [1.29, 1.82) is 0 Å². The summed E-state index contributed by atoms with van der Waals surface area (Å²) in [5.74, 6) is 0.891. The summed E-state index contributed by atoms with van der Waals surface area (Å²) >= 11 is 1.38. The lowest BCUT2D eigenvalue weighted by Gasteiger charge is -2.13. The molecule has 112 valence electrons. The highest BCUT2D eigenvalue weighted by molar-refractivity contribution is 7.99. The first-order valence-corrected chi connectivity index (χ1v) is 7.51. The summed E-state index contributed by atoms with van der Waals surface area (Å²) in [4.78, 5) is 15.8. The van der Waals surface area contributed by atoms with Gasteiger partial charge in [0.25, 0.3) is 0 Å². The van der Waals surface area contributed by atoms with E-state index in [1.165, 1.54) is 23.9 Å². The number of hydrogen-bond acceptors (Lipinski definition) is 6. The van der Waals surface area contributed by atoms with Gasteiger partial charge in [-0.15, -0.1) is 0 Å². The zero-order valence-electron chi connectivity index (χ0n) is 12.3. The minimum Gasteiger partial charge on any atom is -0.354 e. The molecule has 2 aromatic rings. The molecule has 0 bridgehead atoms. The monoisotopic (exact) mass is 307 g/mol. The summed E-state index contributed by atoms with van der Waals surface area (Å²) in [6.07, 6.45) is 0.990. The third-order valence-electron chi connectivity index (χ3n) is 2.56. The second kappa shape index (κ2) is 7.21. The molecule has 0 amide bonds. The van der Waals surface area contributed by atoms with Crippen LogP contribution in [0.25, 0.3) is 0 Å². The van der Waals surface area contributed by atoms with Crippen LogP contribution in [0.4, 0.5) is 16.3 Å². The molecule has 0 unspecified atom stereocenters. The smallest absolute Gasteiger partial charge is 0.230 e. The van der Waals surface area contributed by atoms with Crippen molar-refractivity contribution in [3.05, 3.63) is 30.1 Å². The van der Waals surface area contributed by atoms with E-state index in [0.29, 0.717) is 17.1 Å². The molecular formula is C14H18FN5S. The topological polar surface area (TPSA) is 53.9 Å². The van der Waals surface area contributed by atoms with E-state index in [9.17, 15) is 4.39 Å². The van der Waals surface area contributed by atoms with Crippen LogP contribution in [0.2, 0.25) is 0 Å². The fourth-order valence-corrected chi connectivity index (χ4v) is 2.26. The van der Waals surface area contributed by atoms with Crippen LogP contribution in [0.5, 0.6) is 0 Å². The van der Waals surface area contributed by atoms with Crippen molar-refractivity contribution in [1.82, 2.24) is 15.0 Å². The summed E-state index contributed by atoms with van der Waals surface area (Å²) in [7, 11) is 3.76. The molecule has 0 radical (unpaired) electrons. The minimum atomic E-state index is -0.255. The lowest BCUT2D eigenvalue weighted by atomic mass is 10.4. The van der Waals surface area contributed by atoms with Gasteiger partial charge >= 0.3 is 0 Å². The largest absolute Gasteiger partial charge is 0.354 e. The zero-order chi connectivity index (χ0) is 15.2. The maximum absolute atomic E-state index is 12.9. The number of benzene rings is 1. The molecule has 0 saturated carbocycles. The molecular weight excluding hydrogens is 289 g/mol. The molecule has 2 rings (SSSR count). The molecule has 0 aliphatic rings. The van der Waals surface area contributed by atoms with Crippen LogP contribution in [0.1, 0.15) is 13.3 Å². The highest BCUT2D eigenvalue weighted by Gasteiger charge is 2.09. The summed E-state index contributed by atoms with van der Waals surface area (Å²) in [6.45, 7) is 2.88. The van der Waals surface area contributed by atoms with Gasteiger partial charge in [-0.05, 0) is 42.4 Å². The number of rotatable bonds is 6. The highest BCUT2D eigenvalue weighted by atomic mass is 32.2. The van der Waals surface area contributed by atoms with E-state index in [0.717, 1.165) is 17.9 Å². The second-order valence-corrected chi connectivity index (χ2v) is 5.66. The van der Waals surface area contributed by atoms with Gasteiger partial charge in [0.2, 0.25) is 11.9 Å². The number of aromatic nitrogens is 3. The Bertz CT molecular complexity index is 588. The fourth-order valence-electron chi connectivity index (χ4n) is 1.52. The molecule has 0 atom stereocenters. The normalized spacial score (nSPS) is 10.5. The van der Waals surface area contributed by atoms with Crippen LogP contribution >= 0.6 is 11.8 Å². The van der Waals surface area contributed by atoms with Crippen molar-refractivity contribution in [3.8, 4) is 0 Å². The van der Waals surface area contributed by atoms with Gasteiger partial charge in [-0.2, -0.15) is 15.0 Å². The van der Waals surface area contributed by atoms with Crippen molar-refractivity contribution < 1.29 is 4.39 Å². The lowest BCUT2D eigenvalue weighted by molar-refractivity contribution is 0.626. The molecule has 21 heavy (non-hydrogen) atoms. The van der Waals surface area contributed by atoms with Crippen LogP contribution in [-0.4, -0.2) is 35.6 Å². The number of nitrogens with zero attached hydrogens (tertiary/aromatic N) is 4. The van der Waals surface area contributed by atoms with Crippen molar-refractivity contribution in [2.45, 2.75) is 23.4 Å². The number of hydrogen-bond donors (Lipinski definition) is 1. The van der Waals surface area contributed by atoms with Gasteiger partial charge < -0.3 is 10.2 Å². The van der Waals surface area contributed by atoms with Crippen molar-refractivity contribution >= 4 is 23.7 Å². The van der Waals surface area contributed by atoms with Crippen LogP contribution in [0, 0.1) is 5.82 Å². The molecule has 0 aliphatic carbocycles. The first-order valence-electron chi connectivity index (χ1n) is 6.69. The van der Waals surface area contributed by atoms with E-state index in [1.807, 2.05) is 19.0 Å². The SMILES string of the molecule is CCCNc1nc(Sc2ccc(F)cc2)nc(N(C)C)n1. The molecule has 1 aromatic heterocycles. The van der Waals surface area contributed by atoms with Gasteiger partial charge in [-0.25, -0.2) is 4.39 Å². The van der Waals surface area contributed by atoms with E-state index in [4.69, 9.17) is 0 Å². The van der Waals surface area contributed by atoms with Crippen LogP contribution < -0.4 is 10.2 Å². The molecule has 7 heteroatoms. The Morgan fingerprint density at radius 3 is 2.48 bits per heavy atom. The van der Waals surface area contributed by atoms with Crippen LogP contribution in [-0.2, 0) is 0 Å². The Morgan fingerprint density at radius 2 is 1.86 bits per heavy atom. The quantitative estimate of drug-likeness (QED) is 0.885. The zero-order valence-corrected chi connectivity index (χ0v) is 13.1. The first-order chi connectivity index (χ1) is 10.1.